The Kier molecular flexibility index (Phi) is 3.15. The van der Waals surface area contributed by atoms with Gasteiger partial charge in [0.2, 0.25) is 0 Å². The van der Waals surface area contributed by atoms with E-state index in [-0.39, 0.29) is 16.9 Å². The van der Waals surface area contributed by atoms with Crippen molar-refractivity contribution in [2.45, 2.75) is 0 Å². The fourth-order valence-corrected chi connectivity index (χ4v) is 1.85. The number of rotatable bonds is 3. The minimum atomic E-state index is -1.13. The molecule has 0 spiro atoms. The van der Waals surface area contributed by atoms with E-state index in [2.05, 4.69) is 0 Å². The van der Waals surface area contributed by atoms with Crippen LogP contribution in [0.25, 0.3) is 11.1 Å². The maximum atomic E-state index is 11.2. The number of non-ortho nitro benzene ring substituents is 1. The van der Waals surface area contributed by atoms with Gasteiger partial charge in [0.15, 0.2) is 0 Å². The first-order valence-corrected chi connectivity index (χ1v) is 5.37. The number of nitrogens with zero attached hydrogens (tertiary/aromatic N) is 1. The topological polar surface area (TPSA) is 106 Å². The van der Waals surface area contributed by atoms with Gasteiger partial charge in [-0.25, -0.2) is 4.79 Å². The van der Waals surface area contributed by atoms with Crippen LogP contribution in [0.2, 0.25) is 0 Å². The van der Waals surface area contributed by atoms with Gasteiger partial charge >= 0.3 is 5.97 Å². The number of aromatic carboxylic acids is 1. The second-order valence-corrected chi connectivity index (χ2v) is 3.88. The summed E-state index contributed by atoms with van der Waals surface area (Å²) >= 11 is 0. The van der Waals surface area contributed by atoms with Gasteiger partial charge in [-0.3, -0.25) is 10.1 Å². The average molecular weight is 258 g/mol. The molecule has 0 atom stereocenters. The van der Waals surface area contributed by atoms with Crippen LogP contribution in [0.15, 0.2) is 42.5 Å². The van der Waals surface area contributed by atoms with Crippen LogP contribution >= 0.6 is 0 Å². The van der Waals surface area contributed by atoms with Crippen LogP contribution in [0, 0.1) is 10.1 Å². The molecule has 6 heteroatoms. The van der Waals surface area contributed by atoms with Crippen molar-refractivity contribution in [1.29, 1.82) is 0 Å². The molecule has 19 heavy (non-hydrogen) atoms. The summed E-state index contributed by atoms with van der Waals surface area (Å²) in [7, 11) is 0. The molecule has 2 aromatic carbocycles. The van der Waals surface area contributed by atoms with Gasteiger partial charge < -0.3 is 10.8 Å². The van der Waals surface area contributed by atoms with Crippen LogP contribution in [-0.4, -0.2) is 16.0 Å². The lowest BCUT2D eigenvalue weighted by Gasteiger charge is -2.09. The summed E-state index contributed by atoms with van der Waals surface area (Å²) in [5.74, 6) is -1.13. The van der Waals surface area contributed by atoms with Gasteiger partial charge in [0, 0.05) is 23.4 Å². The number of anilines is 1. The first kappa shape index (κ1) is 12.6. The quantitative estimate of drug-likeness (QED) is 0.499. The Bertz CT molecular complexity index is 667. The summed E-state index contributed by atoms with van der Waals surface area (Å²) in [6.45, 7) is 0. The van der Waals surface area contributed by atoms with Gasteiger partial charge in [0.25, 0.3) is 5.69 Å². The van der Waals surface area contributed by atoms with Crippen LogP contribution in [-0.2, 0) is 0 Å². The fraction of sp³-hybridized carbons (Fsp3) is 0. The Morgan fingerprint density at radius 3 is 2.53 bits per heavy atom. The van der Waals surface area contributed by atoms with Gasteiger partial charge in [-0.05, 0) is 17.7 Å². The molecule has 0 aliphatic heterocycles. The fourth-order valence-electron chi connectivity index (χ4n) is 1.85. The Hall–Kier alpha value is -2.89. The van der Waals surface area contributed by atoms with E-state index in [0.717, 1.165) is 0 Å². The second-order valence-electron chi connectivity index (χ2n) is 3.88. The minimum Gasteiger partial charge on any atom is -0.478 e. The zero-order valence-electron chi connectivity index (χ0n) is 9.74. The summed E-state index contributed by atoms with van der Waals surface area (Å²) in [5, 5.41) is 19.9. The van der Waals surface area contributed by atoms with Crippen molar-refractivity contribution in [1.82, 2.24) is 0 Å². The van der Waals surface area contributed by atoms with E-state index in [0.29, 0.717) is 11.1 Å². The molecule has 0 aliphatic rings. The molecule has 0 heterocycles. The maximum Gasteiger partial charge on any atom is 0.336 e. The summed E-state index contributed by atoms with van der Waals surface area (Å²) in [4.78, 5) is 21.4. The number of hydrogen-bond donors (Lipinski definition) is 2. The second kappa shape index (κ2) is 4.77. The minimum absolute atomic E-state index is 0.0143. The summed E-state index contributed by atoms with van der Waals surface area (Å²) in [5.41, 5.74) is 6.65. The highest BCUT2D eigenvalue weighted by molar-refractivity contribution is 5.99. The molecule has 0 saturated carbocycles. The van der Waals surface area contributed by atoms with Gasteiger partial charge in [0.1, 0.15) is 0 Å². The SMILES string of the molecule is Nc1cccc(C(=O)O)c1-c1cccc([N+](=O)[O-])c1. The van der Waals surface area contributed by atoms with Crippen molar-refractivity contribution in [3.8, 4) is 11.1 Å². The molecule has 0 aliphatic carbocycles. The molecule has 0 unspecified atom stereocenters. The standard InChI is InChI=1S/C13H10N2O4/c14-11-6-2-5-10(13(16)17)12(11)8-3-1-4-9(7-8)15(18)19/h1-7H,14H2,(H,16,17). The molecule has 2 rings (SSSR count). The third-order valence-electron chi connectivity index (χ3n) is 2.67. The number of carboxylic acid groups (broad SMARTS) is 1. The van der Waals surface area contributed by atoms with E-state index in [9.17, 15) is 14.9 Å². The third-order valence-corrected chi connectivity index (χ3v) is 2.67. The third kappa shape index (κ3) is 2.37. The molecule has 0 fully saturated rings. The smallest absolute Gasteiger partial charge is 0.336 e. The predicted octanol–water partition coefficient (Wildman–Crippen LogP) is 2.54. The van der Waals surface area contributed by atoms with Gasteiger partial charge in [0.05, 0.1) is 10.5 Å². The Balaban J connectivity index is 2.68. The molecule has 96 valence electrons. The van der Waals surface area contributed by atoms with Crippen molar-refractivity contribution in [2.24, 2.45) is 0 Å². The number of hydrogen-bond acceptors (Lipinski definition) is 4. The lowest BCUT2D eigenvalue weighted by atomic mass is 9.97. The molecule has 6 nitrogen and oxygen atoms in total. The molecule has 0 saturated heterocycles. The molecule has 0 amide bonds. The number of benzene rings is 2. The Morgan fingerprint density at radius 2 is 1.89 bits per heavy atom. The lowest BCUT2D eigenvalue weighted by Crippen LogP contribution is -2.02. The van der Waals surface area contributed by atoms with Crippen molar-refractivity contribution < 1.29 is 14.8 Å². The number of carboxylic acids is 1. The summed E-state index contributed by atoms with van der Waals surface area (Å²) in [6.07, 6.45) is 0. The highest BCUT2D eigenvalue weighted by Gasteiger charge is 2.16. The molecular weight excluding hydrogens is 248 g/mol. The first-order chi connectivity index (χ1) is 9.00. The van der Waals surface area contributed by atoms with Crippen molar-refractivity contribution in [2.75, 3.05) is 5.73 Å². The molecule has 0 bridgehead atoms. The monoisotopic (exact) mass is 258 g/mol. The van der Waals surface area contributed by atoms with Crippen LogP contribution in [0.3, 0.4) is 0 Å². The Labute approximate surface area is 108 Å². The van der Waals surface area contributed by atoms with E-state index in [4.69, 9.17) is 10.8 Å². The van der Waals surface area contributed by atoms with E-state index in [1.807, 2.05) is 0 Å². The lowest BCUT2D eigenvalue weighted by molar-refractivity contribution is -0.384. The molecule has 0 radical (unpaired) electrons. The number of nitro benzene ring substituents is 1. The van der Waals surface area contributed by atoms with Crippen LogP contribution in [0.5, 0.6) is 0 Å². The number of carbonyl (C=O) groups is 1. The van der Waals surface area contributed by atoms with Gasteiger partial charge in [-0.1, -0.05) is 18.2 Å². The highest BCUT2D eigenvalue weighted by Crippen LogP contribution is 2.31. The predicted molar refractivity (Wildman–Crippen MR) is 69.9 cm³/mol. The van der Waals surface area contributed by atoms with Gasteiger partial charge in [-0.15, -0.1) is 0 Å². The van der Waals surface area contributed by atoms with Crippen LogP contribution in [0.1, 0.15) is 10.4 Å². The van der Waals surface area contributed by atoms with E-state index >= 15 is 0 Å². The zero-order chi connectivity index (χ0) is 14.0. The number of nitrogens with two attached hydrogens (primary N) is 1. The van der Waals surface area contributed by atoms with Crippen molar-refractivity contribution >= 4 is 17.3 Å². The normalized spacial score (nSPS) is 10.1. The summed E-state index contributed by atoms with van der Waals surface area (Å²) in [6, 6.07) is 10.2. The average Bonchev–Trinajstić information content (AvgIpc) is 2.38. The maximum absolute atomic E-state index is 11.2. The van der Waals surface area contributed by atoms with Crippen molar-refractivity contribution in [3.05, 3.63) is 58.1 Å². The first-order valence-electron chi connectivity index (χ1n) is 5.37. The van der Waals surface area contributed by atoms with Crippen LogP contribution in [0.4, 0.5) is 11.4 Å². The molecule has 2 aromatic rings. The number of nitro groups is 1. The highest BCUT2D eigenvalue weighted by atomic mass is 16.6. The number of nitrogen functional groups attached to an aromatic ring is 1. The molecular formula is C13H10N2O4. The van der Waals surface area contributed by atoms with E-state index in [1.54, 1.807) is 12.1 Å². The van der Waals surface area contributed by atoms with E-state index < -0.39 is 10.9 Å². The van der Waals surface area contributed by atoms with Gasteiger partial charge in [-0.2, -0.15) is 0 Å². The molecule has 0 aromatic heterocycles. The Morgan fingerprint density at radius 1 is 1.21 bits per heavy atom. The van der Waals surface area contributed by atoms with E-state index in [1.165, 1.54) is 30.3 Å². The summed E-state index contributed by atoms with van der Waals surface area (Å²) < 4.78 is 0. The zero-order valence-corrected chi connectivity index (χ0v) is 9.74. The van der Waals surface area contributed by atoms with Crippen LogP contribution < -0.4 is 5.73 Å². The largest absolute Gasteiger partial charge is 0.478 e. The van der Waals surface area contributed by atoms with Crippen molar-refractivity contribution in [3.63, 3.8) is 0 Å². The molecule has 3 N–H and O–H groups in total.